The lowest BCUT2D eigenvalue weighted by molar-refractivity contribution is 0.0686. The summed E-state index contributed by atoms with van der Waals surface area (Å²) in [5.74, 6) is -1.37. The third-order valence-corrected chi connectivity index (χ3v) is 2.28. The van der Waals surface area contributed by atoms with Crippen LogP contribution in [0.3, 0.4) is 0 Å². The van der Waals surface area contributed by atoms with E-state index in [-0.39, 0.29) is 22.8 Å². The fraction of sp³-hybridized carbons (Fsp3) is 0.222. The van der Waals surface area contributed by atoms with E-state index in [0.29, 0.717) is 0 Å². The van der Waals surface area contributed by atoms with E-state index < -0.39 is 19.2 Å². The van der Waals surface area contributed by atoms with E-state index in [9.17, 15) is 14.8 Å². The average Bonchev–Trinajstić information content (AvgIpc) is 2.25. The minimum absolute atomic E-state index is 0.0494. The van der Waals surface area contributed by atoms with Gasteiger partial charge >= 0.3 is 12.7 Å². The standard InChI is InChI=1S/C9H10BO7/c1-15-5-2-3-6-8(7(5)9(11)12)17-10(13,14)4-16-6/h2-3,13-14H,4H2,1H3,(H,11,12)/q-1. The second-order valence-electron chi connectivity index (χ2n) is 3.56. The molecular formula is C9H10BO7-. The zero-order valence-electron chi connectivity index (χ0n) is 8.91. The first-order chi connectivity index (χ1) is 7.94. The summed E-state index contributed by atoms with van der Waals surface area (Å²) in [6, 6.07) is 2.84. The molecule has 1 aromatic carbocycles. The SMILES string of the molecule is COc1ccc2c(c1C(=O)O)O[B-](O)(O)CO2. The molecule has 2 rings (SSSR count). The minimum atomic E-state index is -3.20. The van der Waals surface area contributed by atoms with Gasteiger partial charge in [0.05, 0.1) is 13.6 Å². The van der Waals surface area contributed by atoms with Gasteiger partial charge in [-0.05, 0) is 12.1 Å². The van der Waals surface area contributed by atoms with E-state index in [2.05, 4.69) is 0 Å². The van der Waals surface area contributed by atoms with Crippen molar-refractivity contribution in [1.82, 2.24) is 0 Å². The molecule has 0 radical (unpaired) electrons. The number of hydrogen-bond donors (Lipinski definition) is 3. The number of carboxylic acids is 1. The van der Waals surface area contributed by atoms with Crippen molar-refractivity contribution in [2.24, 2.45) is 0 Å². The van der Waals surface area contributed by atoms with Crippen LogP contribution in [-0.4, -0.2) is 41.5 Å². The lowest BCUT2D eigenvalue weighted by Gasteiger charge is -2.37. The molecule has 17 heavy (non-hydrogen) atoms. The summed E-state index contributed by atoms with van der Waals surface area (Å²) in [5, 5.41) is 27.7. The maximum Gasteiger partial charge on any atom is 0.467 e. The number of fused-ring (bicyclic) bond motifs is 1. The summed E-state index contributed by atoms with van der Waals surface area (Å²) < 4.78 is 14.7. The van der Waals surface area contributed by atoms with Gasteiger partial charge in [0.25, 0.3) is 0 Å². The van der Waals surface area contributed by atoms with Crippen molar-refractivity contribution >= 4 is 12.7 Å². The predicted molar refractivity (Wildman–Crippen MR) is 56.3 cm³/mol. The molecule has 0 saturated heterocycles. The van der Waals surface area contributed by atoms with Gasteiger partial charge in [-0.25, -0.2) is 4.79 Å². The molecule has 0 unspecified atom stereocenters. The molecule has 3 N–H and O–H groups in total. The van der Waals surface area contributed by atoms with E-state index in [1.165, 1.54) is 19.2 Å². The first-order valence-corrected chi connectivity index (χ1v) is 4.81. The van der Waals surface area contributed by atoms with Crippen molar-refractivity contribution in [3.05, 3.63) is 17.7 Å². The molecule has 92 valence electrons. The van der Waals surface area contributed by atoms with Gasteiger partial charge in [-0.3, -0.25) is 0 Å². The topological polar surface area (TPSA) is 105 Å². The monoisotopic (exact) mass is 241 g/mol. The summed E-state index contributed by atoms with van der Waals surface area (Å²) in [6.45, 7) is -3.65. The molecule has 0 aromatic heterocycles. The zero-order valence-corrected chi connectivity index (χ0v) is 8.91. The number of methoxy groups -OCH3 is 1. The third kappa shape index (κ3) is 1.99. The molecule has 8 heteroatoms. The highest BCUT2D eigenvalue weighted by molar-refractivity contribution is 6.58. The molecule has 7 nitrogen and oxygen atoms in total. The van der Waals surface area contributed by atoms with Crippen LogP contribution in [-0.2, 0) is 0 Å². The third-order valence-electron chi connectivity index (χ3n) is 2.28. The van der Waals surface area contributed by atoms with E-state index >= 15 is 0 Å². The number of benzene rings is 1. The number of aromatic carboxylic acids is 1. The van der Waals surface area contributed by atoms with Gasteiger partial charge < -0.3 is 29.3 Å². The quantitative estimate of drug-likeness (QED) is 0.606. The van der Waals surface area contributed by atoms with Crippen LogP contribution < -0.4 is 14.1 Å². The van der Waals surface area contributed by atoms with Crippen LogP contribution in [0, 0.1) is 0 Å². The van der Waals surface area contributed by atoms with Crippen molar-refractivity contribution < 1.29 is 34.1 Å². The van der Waals surface area contributed by atoms with Crippen molar-refractivity contribution in [1.29, 1.82) is 0 Å². The van der Waals surface area contributed by atoms with Crippen LogP contribution in [0.4, 0.5) is 0 Å². The Labute approximate surface area is 96.2 Å². The van der Waals surface area contributed by atoms with Crippen molar-refractivity contribution in [2.75, 3.05) is 13.6 Å². The Morgan fingerprint density at radius 3 is 2.76 bits per heavy atom. The van der Waals surface area contributed by atoms with Crippen LogP contribution in [0.1, 0.15) is 10.4 Å². The molecule has 0 saturated carbocycles. The predicted octanol–water partition coefficient (Wildman–Crippen LogP) is -0.373. The van der Waals surface area contributed by atoms with Crippen LogP contribution >= 0.6 is 0 Å². The summed E-state index contributed by atoms with van der Waals surface area (Å²) >= 11 is 0. The Morgan fingerprint density at radius 2 is 2.18 bits per heavy atom. The number of hydrogen-bond acceptors (Lipinski definition) is 6. The summed E-state index contributed by atoms with van der Waals surface area (Å²) in [7, 11) is 1.30. The van der Waals surface area contributed by atoms with Crippen LogP contribution in [0.15, 0.2) is 12.1 Å². The fourth-order valence-electron chi connectivity index (χ4n) is 1.57. The lowest BCUT2D eigenvalue weighted by Crippen LogP contribution is -2.51. The average molecular weight is 241 g/mol. The van der Waals surface area contributed by atoms with Crippen molar-refractivity contribution in [3.8, 4) is 17.2 Å². The van der Waals surface area contributed by atoms with Gasteiger partial charge in [0, 0.05) is 0 Å². The van der Waals surface area contributed by atoms with E-state index in [1.807, 2.05) is 0 Å². The summed E-state index contributed by atoms with van der Waals surface area (Å²) in [5.41, 5.74) is -0.306. The smallest absolute Gasteiger partial charge is 0.467 e. The number of rotatable bonds is 2. The Bertz CT molecular complexity index is 471. The van der Waals surface area contributed by atoms with Gasteiger partial charge in [0.15, 0.2) is 5.75 Å². The molecule has 0 fully saturated rings. The molecule has 1 aromatic rings. The van der Waals surface area contributed by atoms with Gasteiger partial charge in [-0.15, -0.1) is 0 Å². The van der Waals surface area contributed by atoms with Gasteiger partial charge in [-0.2, -0.15) is 0 Å². The maximum atomic E-state index is 11.1. The molecule has 0 aliphatic carbocycles. The van der Waals surface area contributed by atoms with Crippen molar-refractivity contribution in [2.45, 2.75) is 0 Å². The molecule has 0 spiro atoms. The highest BCUT2D eigenvalue weighted by atomic mass is 16.7. The van der Waals surface area contributed by atoms with E-state index in [1.54, 1.807) is 0 Å². The molecular weight excluding hydrogens is 231 g/mol. The largest absolute Gasteiger partial charge is 0.665 e. The fourth-order valence-corrected chi connectivity index (χ4v) is 1.57. The van der Waals surface area contributed by atoms with Gasteiger partial charge in [0.1, 0.15) is 17.1 Å². The Balaban J connectivity index is 2.59. The lowest BCUT2D eigenvalue weighted by atomic mass is 9.80. The Kier molecular flexibility index (Phi) is 2.60. The van der Waals surface area contributed by atoms with Crippen LogP contribution in [0.2, 0.25) is 0 Å². The Morgan fingerprint density at radius 1 is 1.47 bits per heavy atom. The highest BCUT2D eigenvalue weighted by Crippen LogP contribution is 2.40. The highest BCUT2D eigenvalue weighted by Gasteiger charge is 2.34. The van der Waals surface area contributed by atoms with E-state index in [0.717, 1.165) is 0 Å². The number of ether oxygens (including phenoxy) is 2. The second kappa shape index (κ2) is 3.83. The molecule has 0 amide bonds. The van der Waals surface area contributed by atoms with Crippen LogP contribution in [0.25, 0.3) is 0 Å². The van der Waals surface area contributed by atoms with Crippen LogP contribution in [0.5, 0.6) is 17.2 Å². The first-order valence-electron chi connectivity index (χ1n) is 4.81. The van der Waals surface area contributed by atoms with Crippen molar-refractivity contribution in [3.63, 3.8) is 0 Å². The summed E-state index contributed by atoms with van der Waals surface area (Å²) in [4.78, 5) is 11.1. The normalized spacial score (nSPS) is 16.4. The van der Waals surface area contributed by atoms with Gasteiger partial charge in [0.2, 0.25) is 0 Å². The molecule has 1 aliphatic rings. The molecule has 1 heterocycles. The molecule has 0 atom stereocenters. The summed E-state index contributed by atoms with van der Waals surface area (Å²) in [6.07, 6.45) is 0. The molecule has 0 bridgehead atoms. The maximum absolute atomic E-state index is 11.1. The van der Waals surface area contributed by atoms with Gasteiger partial charge in [-0.1, -0.05) is 0 Å². The minimum Gasteiger partial charge on any atom is -0.665 e. The first kappa shape index (κ1) is 11.6. The molecule has 1 aliphatic heterocycles. The number of carboxylic acid groups (broad SMARTS) is 1. The van der Waals surface area contributed by atoms with E-state index in [4.69, 9.17) is 19.2 Å². The Hall–Kier alpha value is -1.93. The number of carbonyl (C=O) groups is 1. The zero-order chi connectivity index (χ0) is 12.6. The second-order valence-corrected chi connectivity index (χ2v) is 3.56.